The van der Waals surface area contributed by atoms with Crippen molar-refractivity contribution in [2.24, 2.45) is 0 Å². The van der Waals surface area contributed by atoms with Gasteiger partial charge in [-0.3, -0.25) is 14.5 Å². The first-order valence-electron chi connectivity index (χ1n) is 9.12. The molecule has 1 saturated carbocycles. The van der Waals surface area contributed by atoms with Gasteiger partial charge in [-0.05, 0) is 43.9 Å². The molecule has 1 saturated heterocycles. The topological polar surface area (TPSA) is 82.6 Å². The van der Waals surface area contributed by atoms with Gasteiger partial charge in [0.2, 0.25) is 0 Å². The Hall–Kier alpha value is -2.74. The molecule has 1 aromatic carbocycles. The van der Waals surface area contributed by atoms with Gasteiger partial charge in [0.15, 0.2) is 0 Å². The molecule has 5 rings (SSSR count). The van der Waals surface area contributed by atoms with Crippen LogP contribution < -0.4 is 5.32 Å². The summed E-state index contributed by atoms with van der Waals surface area (Å²) in [6.07, 6.45) is 5.34. The van der Waals surface area contributed by atoms with E-state index in [1.165, 1.54) is 4.90 Å². The summed E-state index contributed by atoms with van der Waals surface area (Å²) in [5.41, 5.74) is 1.33. The third-order valence-electron chi connectivity index (χ3n) is 5.33. The van der Waals surface area contributed by atoms with Crippen LogP contribution in [0.15, 0.2) is 29.8 Å². The number of nitrogens with zero attached hydrogens (tertiary/aromatic N) is 3. The molecule has 1 N–H and O–H groups in total. The number of anilines is 1. The predicted molar refractivity (Wildman–Crippen MR) is 99.8 cm³/mol. The minimum Gasteiger partial charge on any atom is -0.315 e. The van der Waals surface area contributed by atoms with E-state index in [4.69, 9.17) is 0 Å². The van der Waals surface area contributed by atoms with E-state index in [0.29, 0.717) is 23.4 Å². The number of fused-ring (bicyclic) bond motifs is 1. The van der Waals surface area contributed by atoms with Gasteiger partial charge in [-0.15, -0.1) is 11.3 Å². The largest absolute Gasteiger partial charge is 0.322 e. The molecule has 138 valence electrons. The summed E-state index contributed by atoms with van der Waals surface area (Å²) in [5.74, 6) is -0.478. The zero-order valence-corrected chi connectivity index (χ0v) is 15.4. The lowest BCUT2D eigenvalue weighted by Crippen LogP contribution is -2.34. The number of carbonyl (C=O) groups excluding carboxylic acids is 3. The molecule has 4 amide bonds. The van der Waals surface area contributed by atoms with Gasteiger partial charge >= 0.3 is 6.03 Å². The molecule has 0 unspecified atom stereocenters. The number of likely N-dealkylation sites (tertiary alicyclic amines) is 1. The normalized spacial score (nSPS) is 21.7. The SMILES string of the molecule is O=C1c2ccc(NC(=O)N3CCC[C@@H]3c3nccs3)cc2C(=O)N1C1CC1. The average Bonchev–Trinajstić information content (AvgIpc) is 3.09. The quantitative estimate of drug-likeness (QED) is 0.826. The molecule has 0 bridgehead atoms. The molecule has 3 heterocycles. The fourth-order valence-electron chi connectivity index (χ4n) is 3.86. The number of benzene rings is 1. The molecular formula is C19H18N4O3S. The van der Waals surface area contributed by atoms with E-state index >= 15 is 0 Å². The molecule has 2 fully saturated rings. The summed E-state index contributed by atoms with van der Waals surface area (Å²) in [4.78, 5) is 45.2. The lowest BCUT2D eigenvalue weighted by atomic mass is 10.1. The Balaban J connectivity index is 1.35. The van der Waals surface area contributed by atoms with E-state index in [1.54, 1.807) is 40.6 Å². The number of hydrogen-bond acceptors (Lipinski definition) is 5. The van der Waals surface area contributed by atoms with Gasteiger partial charge in [0.05, 0.1) is 17.2 Å². The Morgan fingerprint density at radius 2 is 1.96 bits per heavy atom. The summed E-state index contributed by atoms with van der Waals surface area (Å²) in [6.45, 7) is 0.674. The monoisotopic (exact) mass is 382 g/mol. The molecule has 0 spiro atoms. The van der Waals surface area contributed by atoms with E-state index < -0.39 is 0 Å². The summed E-state index contributed by atoms with van der Waals surface area (Å²) >= 11 is 1.55. The third-order valence-corrected chi connectivity index (χ3v) is 6.21. The smallest absolute Gasteiger partial charge is 0.315 e. The number of imide groups is 1. The maximum absolute atomic E-state index is 12.8. The zero-order valence-electron chi connectivity index (χ0n) is 14.6. The number of nitrogens with one attached hydrogen (secondary N) is 1. The number of thiazole rings is 1. The van der Waals surface area contributed by atoms with Crippen molar-refractivity contribution < 1.29 is 14.4 Å². The molecule has 0 radical (unpaired) electrons. The highest BCUT2D eigenvalue weighted by molar-refractivity contribution is 7.09. The second kappa shape index (κ2) is 6.16. The van der Waals surface area contributed by atoms with Crippen molar-refractivity contribution in [2.75, 3.05) is 11.9 Å². The lowest BCUT2D eigenvalue weighted by Gasteiger charge is -2.23. The Kier molecular flexibility index (Phi) is 3.75. The fourth-order valence-corrected chi connectivity index (χ4v) is 4.65. The minimum absolute atomic E-state index is 0.00649. The number of amides is 4. The van der Waals surface area contributed by atoms with Crippen molar-refractivity contribution in [2.45, 2.75) is 37.8 Å². The number of urea groups is 1. The third kappa shape index (κ3) is 2.71. The maximum atomic E-state index is 12.8. The highest BCUT2D eigenvalue weighted by Crippen LogP contribution is 2.36. The minimum atomic E-state index is -0.254. The van der Waals surface area contributed by atoms with E-state index in [2.05, 4.69) is 10.3 Å². The molecule has 27 heavy (non-hydrogen) atoms. The molecule has 7 nitrogen and oxygen atoms in total. The highest BCUT2D eigenvalue weighted by Gasteiger charge is 2.44. The van der Waals surface area contributed by atoms with Crippen LogP contribution in [-0.2, 0) is 0 Å². The summed E-state index contributed by atoms with van der Waals surface area (Å²) < 4.78 is 0. The van der Waals surface area contributed by atoms with Gasteiger partial charge in [0, 0.05) is 29.9 Å². The van der Waals surface area contributed by atoms with Crippen molar-refractivity contribution in [3.05, 3.63) is 45.9 Å². The summed E-state index contributed by atoms with van der Waals surface area (Å²) in [6, 6.07) is 4.77. The second-order valence-electron chi connectivity index (χ2n) is 7.12. The van der Waals surface area contributed by atoms with E-state index in [1.807, 2.05) is 5.38 Å². The van der Waals surface area contributed by atoms with Crippen LogP contribution in [0, 0.1) is 0 Å². The lowest BCUT2D eigenvalue weighted by molar-refractivity contribution is 0.0642. The molecule has 1 aromatic heterocycles. The predicted octanol–water partition coefficient (Wildman–Crippen LogP) is 3.27. The van der Waals surface area contributed by atoms with Crippen molar-refractivity contribution in [1.29, 1.82) is 0 Å². The average molecular weight is 382 g/mol. The molecule has 1 atom stereocenters. The van der Waals surface area contributed by atoms with Crippen LogP contribution in [0.25, 0.3) is 0 Å². The van der Waals surface area contributed by atoms with Gasteiger partial charge in [-0.1, -0.05) is 0 Å². The first-order chi connectivity index (χ1) is 13.1. The van der Waals surface area contributed by atoms with E-state index in [0.717, 1.165) is 30.7 Å². The van der Waals surface area contributed by atoms with Crippen molar-refractivity contribution in [3.63, 3.8) is 0 Å². The molecule has 1 aliphatic carbocycles. The van der Waals surface area contributed by atoms with Crippen LogP contribution in [0.5, 0.6) is 0 Å². The first kappa shape index (κ1) is 16.4. The van der Waals surface area contributed by atoms with Gasteiger partial charge in [-0.25, -0.2) is 9.78 Å². The Labute approximate surface area is 160 Å². The second-order valence-corrected chi connectivity index (χ2v) is 8.05. The number of carbonyl (C=O) groups is 3. The molecule has 3 aliphatic rings. The standard InChI is InChI=1S/C19H18N4O3S/c24-17-13-6-3-11(10-14(13)18(25)23(17)12-4-5-12)21-19(26)22-8-1-2-15(22)16-20-7-9-27-16/h3,6-7,9-10,12,15H,1-2,4-5,8H2,(H,21,26)/t15-/m1/s1. The van der Waals surface area contributed by atoms with Gasteiger partial charge < -0.3 is 10.2 Å². The maximum Gasteiger partial charge on any atom is 0.322 e. The van der Waals surface area contributed by atoms with E-state index in [9.17, 15) is 14.4 Å². The summed E-state index contributed by atoms with van der Waals surface area (Å²) in [5, 5.41) is 5.74. The van der Waals surface area contributed by atoms with Crippen LogP contribution in [0.4, 0.5) is 10.5 Å². The van der Waals surface area contributed by atoms with Crippen LogP contribution in [0.1, 0.15) is 57.4 Å². The molecule has 8 heteroatoms. The number of rotatable bonds is 3. The van der Waals surface area contributed by atoms with Crippen LogP contribution >= 0.6 is 11.3 Å². The van der Waals surface area contributed by atoms with Crippen LogP contribution in [-0.4, -0.2) is 45.2 Å². The first-order valence-corrected chi connectivity index (χ1v) is 10.0. The Bertz CT molecular complexity index is 938. The molecule has 2 aromatic rings. The number of hydrogen-bond donors (Lipinski definition) is 1. The van der Waals surface area contributed by atoms with Gasteiger partial charge in [-0.2, -0.15) is 0 Å². The number of aromatic nitrogens is 1. The van der Waals surface area contributed by atoms with Crippen molar-refractivity contribution in [3.8, 4) is 0 Å². The molecular weight excluding hydrogens is 364 g/mol. The fraction of sp³-hybridized carbons (Fsp3) is 0.368. The zero-order chi connectivity index (χ0) is 18.5. The van der Waals surface area contributed by atoms with Gasteiger partial charge in [0.25, 0.3) is 11.8 Å². The summed E-state index contributed by atoms with van der Waals surface area (Å²) in [7, 11) is 0. The van der Waals surface area contributed by atoms with Crippen molar-refractivity contribution >= 4 is 34.9 Å². The Morgan fingerprint density at radius 1 is 1.15 bits per heavy atom. The highest BCUT2D eigenvalue weighted by atomic mass is 32.1. The Morgan fingerprint density at radius 3 is 2.70 bits per heavy atom. The van der Waals surface area contributed by atoms with Crippen LogP contribution in [0.2, 0.25) is 0 Å². The van der Waals surface area contributed by atoms with Crippen molar-refractivity contribution in [1.82, 2.24) is 14.8 Å². The van der Waals surface area contributed by atoms with Crippen LogP contribution in [0.3, 0.4) is 0 Å². The van der Waals surface area contributed by atoms with E-state index in [-0.39, 0.29) is 29.9 Å². The van der Waals surface area contributed by atoms with Gasteiger partial charge in [0.1, 0.15) is 5.01 Å². The molecule has 2 aliphatic heterocycles.